The molecule has 5 nitrogen and oxygen atoms in total. The van der Waals surface area contributed by atoms with E-state index in [2.05, 4.69) is 4.90 Å². The zero-order chi connectivity index (χ0) is 25.1. The van der Waals surface area contributed by atoms with Gasteiger partial charge in [-0.3, -0.25) is 4.79 Å². The van der Waals surface area contributed by atoms with Gasteiger partial charge in [0.25, 0.3) is 5.56 Å². The summed E-state index contributed by atoms with van der Waals surface area (Å²) in [5.74, 6) is -0.593. The lowest BCUT2D eigenvalue weighted by Gasteiger charge is -2.33. The normalized spacial score (nSPS) is 15.9. The third-order valence-corrected chi connectivity index (χ3v) is 7.07. The van der Waals surface area contributed by atoms with E-state index in [-0.39, 0.29) is 23.2 Å². The van der Waals surface area contributed by atoms with Gasteiger partial charge in [0.1, 0.15) is 11.6 Å². The Kier molecular flexibility index (Phi) is 7.20. The molecule has 36 heavy (non-hydrogen) atoms. The van der Waals surface area contributed by atoms with Gasteiger partial charge in [-0.2, -0.15) is 5.10 Å². The summed E-state index contributed by atoms with van der Waals surface area (Å²) in [6.45, 7) is 2.32. The minimum absolute atomic E-state index is 0.00709. The maximum atomic E-state index is 13.4. The average molecular weight is 490 g/mol. The van der Waals surface area contributed by atoms with Crippen LogP contribution in [0.5, 0.6) is 0 Å². The highest BCUT2D eigenvalue weighted by molar-refractivity contribution is 5.83. The zero-order valence-electron chi connectivity index (χ0n) is 20.0. The first-order valence-corrected chi connectivity index (χ1v) is 12.4. The number of hydrogen-bond acceptors (Lipinski definition) is 4. The van der Waals surface area contributed by atoms with Crippen molar-refractivity contribution in [3.05, 3.63) is 112 Å². The number of aliphatic hydroxyl groups excluding tert-OH is 1. The summed E-state index contributed by atoms with van der Waals surface area (Å²) in [5, 5.41) is 16.7. The molecule has 1 saturated heterocycles. The monoisotopic (exact) mass is 489 g/mol. The van der Waals surface area contributed by atoms with E-state index in [1.54, 1.807) is 28.9 Å². The minimum atomic E-state index is -0.637. The first-order chi connectivity index (χ1) is 17.5. The Bertz CT molecular complexity index is 1380. The van der Waals surface area contributed by atoms with Gasteiger partial charge in [0.2, 0.25) is 0 Å². The second-order valence-corrected chi connectivity index (χ2v) is 9.47. The number of fused-ring (bicyclic) bond motifs is 1. The first-order valence-electron chi connectivity index (χ1n) is 12.4. The van der Waals surface area contributed by atoms with Gasteiger partial charge in [-0.1, -0.05) is 42.5 Å². The average Bonchev–Trinajstić information content (AvgIpc) is 2.91. The molecular weight excluding hydrogens is 460 g/mol. The van der Waals surface area contributed by atoms with Crippen LogP contribution in [0, 0.1) is 11.6 Å². The van der Waals surface area contributed by atoms with Crippen molar-refractivity contribution in [3.63, 3.8) is 0 Å². The molecule has 1 aromatic heterocycles. The molecule has 1 fully saturated rings. The van der Waals surface area contributed by atoms with Crippen LogP contribution < -0.4 is 5.56 Å². The van der Waals surface area contributed by atoms with E-state index in [1.807, 2.05) is 24.3 Å². The lowest BCUT2D eigenvalue weighted by atomic mass is 10.0. The van der Waals surface area contributed by atoms with Gasteiger partial charge in [0.05, 0.1) is 23.2 Å². The fraction of sp³-hybridized carbons (Fsp3) is 0.310. The number of benzene rings is 3. The summed E-state index contributed by atoms with van der Waals surface area (Å²) < 4.78 is 28.2. The first kappa shape index (κ1) is 24.3. The van der Waals surface area contributed by atoms with Crippen molar-refractivity contribution in [3.8, 4) is 0 Å². The fourth-order valence-corrected chi connectivity index (χ4v) is 4.99. The van der Waals surface area contributed by atoms with Crippen LogP contribution >= 0.6 is 0 Å². The van der Waals surface area contributed by atoms with Gasteiger partial charge in [-0.15, -0.1) is 0 Å². The quantitative estimate of drug-likeness (QED) is 0.396. The number of aliphatic hydroxyl groups is 1. The maximum absolute atomic E-state index is 13.4. The molecule has 0 aliphatic carbocycles. The SMILES string of the molecule is O=c1c2ccccc2c(Cc2ccc(F)cc2)nn1C1CCN(CCC(O)c2ccc(F)cc2)CC1. The Balaban J connectivity index is 1.29. The Morgan fingerprint density at radius 3 is 2.17 bits per heavy atom. The molecule has 0 bridgehead atoms. The van der Waals surface area contributed by atoms with Crippen LogP contribution in [0.25, 0.3) is 10.8 Å². The third kappa shape index (κ3) is 5.37. The lowest BCUT2D eigenvalue weighted by Crippen LogP contribution is -2.39. The van der Waals surface area contributed by atoms with Crippen LogP contribution in [0.2, 0.25) is 0 Å². The van der Waals surface area contributed by atoms with E-state index >= 15 is 0 Å². The predicted molar refractivity (Wildman–Crippen MR) is 136 cm³/mol. The number of rotatable bonds is 7. The molecule has 5 rings (SSSR count). The molecule has 1 atom stereocenters. The van der Waals surface area contributed by atoms with Gasteiger partial charge < -0.3 is 10.0 Å². The standard InChI is InChI=1S/C29H29F2N3O2/c30-22-9-5-20(6-10-22)19-27-25-3-1-2-4-26(25)29(36)34(32-27)24-13-16-33(17-14-24)18-15-28(35)21-7-11-23(31)12-8-21/h1-12,24,28,35H,13-19H2. The van der Waals surface area contributed by atoms with Gasteiger partial charge in [0.15, 0.2) is 0 Å². The third-order valence-electron chi connectivity index (χ3n) is 7.07. The second-order valence-electron chi connectivity index (χ2n) is 9.47. The van der Waals surface area contributed by atoms with Gasteiger partial charge >= 0.3 is 0 Å². The Hall–Kier alpha value is -3.42. The molecule has 2 heterocycles. The summed E-state index contributed by atoms with van der Waals surface area (Å²) in [7, 11) is 0. The van der Waals surface area contributed by atoms with E-state index in [9.17, 15) is 18.7 Å². The van der Waals surface area contributed by atoms with Crippen molar-refractivity contribution < 1.29 is 13.9 Å². The molecule has 7 heteroatoms. The molecule has 0 saturated carbocycles. The van der Waals surface area contributed by atoms with Crippen molar-refractivity contribution in [1.29, 1.82) is 0 Å². The highest BCUT2D eigenvalue weighted by Crippen LogP contribution is 2.25. The largest absolute Gasteiger partial charge is 0.388 e. The van der Waals surface area contributed by atoms with Gasteiger partial charge in [0, 0.05) is 31.4 Å². The van der Waals surface area contributed by atoms with Crippen LogP contribution in [-0.4, -0.2) is 39.4 Å². The molecule has 186 valence electrons. The maximum Gasteiger partial charge on any atom is 0.274 e. The topological polar surface area (TPSA) is 58.4 Å². The van der Waals surface area contributed by atoms with Crippen molar-refractivity contribution in [2.24, 2.45) is 0 Å². The van der Waals surface area contributed by atoms with E-state index in [0.717, 1.165) is 49.1 Å². The molecule has 0 spiro atoms. The minimum Gasteiger partial charge on any atom is -0.388 e. The molecule has 1 aliphatic rings. The highest BCUT2D eigenvalue weighted by Gasteiger charge is 2.24. The number of aromatic nitrogens is 2. The molecule has 0 amide bonds. The number of hydrogen-bond donors (Lipinski definition) is 1. The number of likely N-dealkylation sites (tertiary alicyclic amines) is 1. The fourth-order valence-electron chi connectivity index (χ4n) is 4.99. The number of piperidine rings is 1. The molecule has 1 aliphatic heterocycles. The second kappa shape index (κ2) is 10.7. The van der Waals surface area contributed by atoms with Crippen LogP contribution in [0.4, 0.5) is 8.78 Å². The van der Waals surface area contributed by atoms with Crippen molar-refractivity contribution >= 4 is 10.8 Å². The van der Waals surface area contributed by atoms with Crippen molar-refractivity contribution in [1.82, 2.24) is 14.7 Å². The van der Waals surface area contributed by atoms with E-state index in [0.29, 0.717) is 23.8 Å². The summed E-state index contributed by atoms with van der Waals surface area (Å²) >= 11 is 0. The van der Waals surface area contributed by atoms with Gasteiger partial charge in [-0.05, 0) is 60.7 Å². The van der Waals surface area contributed by atoms with Gasteiger partial charge in [-0.25, -0.2) is 13.5 Å². The zero-order valence-corrected chi connectivity index (χ0v) is 20.0. The van der Waals surface area contributed by atoms with Crippen molar-refractivity contribution in [2.45, 2.75) is 37.8 Å². The summed E-state index contributed by atoms with van der Waals surface area (Å²) in [4.78, 5) is 15.6. The van der Waals surface area contributed by atoms with E-state index in [1.165, 1.54) is 24.3 Å². The summed E-state index contributed by atoms with van der Waals surface area (Å²) in [6.07, 6.45) is 2.01. The summed E-state index contributed by atoms with van der Waals surface area (Å²) in [6, 6.07) is 19.9. The van der Waals surface area contributed by atoms with E-state index < -0.39 is 6.10 Å². The van der Waals surface area contributed by atoms with Crippen LogP contribution in [0.1, 0.15) is 48.2 Å². The Morgan fingerprint density at radius 1 is 0.889 bits per heavy atom. The Morgan fingerprint density at radius 2 is 1.50 bits per heavy atom. The smallest absolute Gasteiger partial charge is 0.274 e. The van der Waals surface area contributed by atoms with Crippen LogP contribution in [0.3, 0.4) is 0 Å². The van der Waals surface area contributed by atoms with Crippen molar-refractivity contribution in [2.75, 3.05) is 19.6 Å². The lowest BCUT2D eigenvalue weighted by molar-refractivity contribution is 0.121. The summed E-state index contributed by atoms with van der Waals surface area (Å²) in [5.41, 5.74) is 2.38. The predicted octanol–water partition coefficient (Wildman–Crippen LogP) is 5.03. The molecule has 1 unspecified atom stereocenters. The highest BCUT2D eigenvalue weighted by atomic mass is 19.1. The molecular formula is C29H29F2N3O2. The molecule has 3 aromatic carbocycles. The van der Waals surface area contributed by atoms with Crippen LogP contribution in [0.15, 0.2) is 77.6 Å². The molecule has 0 radical (unpaired) electrons. The molecule has 4 aromatic rings. The molecule has 1 N–H and O–H groups in total. The van der Waals surface area contributed by atoms with Crippen LogP contribution in [-0.2, 0) is 6.42 Å². The Labute approximate surface area is 208 Å². The van der Waals surface area contributed by atoms with E-state index in [4.69, 9.17) is 5.10 Å². The number of nitrogens with zero attached hydrogens (tertiary/aromatic N) is 3. The number of halogens is 2.